The molecule has 5 atom stereocenters. The third kappa shape index (κ3) is 4.59. The fourth-order valence-electron chi connectivity index (χ4n) is 3.37. The van der Waals surface area contributed by atoms with Crippen molar-refractivity contribution < 1.29 is 29.2 Å². The van der Waals surface area contributed by atoms with E-state index in [-0.39, 0.29) is 12.6 Å². The lowest BCUT2D eigenvalue weighted by molar-refractivity contribution is -0.239. The molecule has 0 bridgehead atoms. The highest BCUT2D eigenvalue weighted by atomic mass is 16.6. The van der Waals surface area contributed by atoms with Crippen molar-refractivity contribution in [3.63, 3.8) is 0 Å². The van der Waals surface area contributed by atoms with Crippen molar-refractivity contribution in [3.8, 4) is 0 Å². The third-order valence-electron chi connectivity index (χ3n) is 4.27. The molecule has 2 aliphatic heterocycles. The fourth-order valence-corrected chi connectivity index (χ4v) is 3.37. The molecule has 2 aliphatic rings. The highest BCUT2D eigenvalue weighted by Crippen LogP contribution is 2.32. The molecule has 24 heavy (non-hydrogen) atoms. The Morgan fingerprint density at radius 3 is 2.58 bits per heavy atom. The van der Waals surface area contributed by atoms with Crippen molar-refractivity contribution >= 4 is 6.09 Å². The molecule has 7 heteroatoms. The number of aliphatic hydroxyl groups excluding tert-OH is 2. The molecule has 0 aromatic heterocycles. The second kappa shape index (κ2) is 7.56. The third-order valence-corrected chi connectivity index (χ3v) is 4.27. The van der Waals surface area contributed by atoms with Crippen LogP contribution in [0, 0.1) is 5.92 Å². The van der Waals surface area contributed by atoms with Crippen LogP contribution in [0.4, 0.5) is 4.79 Å². The quantitative estimate of drug-likeness (QED) is 0.785. The van der Waals surface area contributed by atoms with E-state index in [0.717, 1.165) is 6.42 Å². The Morgan fingerprint density at radius 2 is 2.04 bits per heavy atom. The summed E-state index contributed by atoms with van der Waals surface area (Å²) in [5.74, 6) is 0.413. The van der Waals surface area contributed by atoms with Gasteiger partial charge in [-0.1, -0.05) is 13.8 Å². The number of rotatable bonds is 5. The Balaban J connectivity index is 2.16. The van der Waals surface area contributed by atoms with Gasteiger partial charge in [-0.15, -0.1) is 0 Å². The summed E-state index contributed by atoms with van der Waals surface area (Å²) in [5, 5.41) is 19.9. The first-order chi connectivity index (χ1) is 11.1. The van der Waals surface area contributed by atoms with Gasteiger partial charge in [-0.05, 0) is 33.1 Å². The number of aliphatic hydroxyl groups is 2. The lowest BCUT2D eigenvalue weighted by Crippen LogP contribution is -2.58. The standard InChI is InChI=1S/C17H31NO6/c1-10(2)6-11-9-22-16(21)18(11)14-7-12(24-17(3,4)5)15(20)13(8-19)23-14/h10-15,19-20H,6-9H2,1-5H3/t11-,12-,13-,14-,15+/m0/s1. The van der Waals surface area contributed by atoms with E-state index in [1.54, 1.807) is 4.90 Å². The maximum Gasteiger partial charge on any atom is 0.412 e. The van der Waals surface area contributed by atoms with Gasteiger partial charge in [-0.3, -0.25) is 4.90 Å². The highest BCUT2D eigenvalue weighted by Gasteiger charge is 2.47. The molecule has 0 radical (unpaired) electrons. The Morgan fingerprint density at radius 1 is 1.38 bits per heavy atom. The lowest BCUT2D eigenvalue weighted by atomic mass is 9.97. The number of carbonyl (C=O) groups excluding carboxylic acids is 1. The minimum absolute atomic E-state index is 0.0626. The van der Waals surface area contributed by atoms with E-state index >= 15 is 0 Å². The van der Waals surface area contributed by atoms with Gasteiger partial charge in [0.1, 0.15) is 25.0 Å². The van der Waals surface area contributed by atoms with Gasteiger partial charge in [0.25, 0.3) is 0 Å². The second-order valence-electron chi connectivity index (χ2n) is 8.07. The summed E-state index contributed by atoms with van der Waals surface area (Å²) in [6.07, 6.45) is -2.07. The smallest absolute Gasteiger partial charge is 0.412 e. The summed E-state index contributed by atoms with van der Waals surface area (Å²) in [4.78, 5) is 13.8. The van der Waals surface area contributed by atoms with E-state index in [2.05, 4.69) is 13.8 Å². The van der Waals surface area contributed by atoms with Gasteiger partial charge in [-0.2, -0.15) is 0 Å². The molecule has 0 saturated carbocycles. The Labute approximate surface area is 143 Å². The molecule has 2 heterocycles. The molecule has 0 aliphatic carbocycles. The molecule has 0 unspecified atom stereocenters. The normalized spacial score (nSPS) is 34.8. The minimum Gasteiger partial charge on any atom is -0.447 e. The van der Waals surface area contributed by atoms with Gasteiger partial charge in [0.2, 0.25) is 0 Å². The summed E-state index contributed by atoms with van der Waals surface area (Å²) < 4.78 is 17.0. The molecule has 0 spiro atoms. The number of hydrogen-bond acceptors (Lipinski definition) is 6. The zero-order chi connectivity index (χ0) is 18.1. The first-order valence-corrected chi connectivity index (χ1v) is 8.69. The van der Waals surface area contributed by atoms with Crippen molar-refractivity contribution in [2.24, 2.45) is 5.92 Å². The lowest BCUT2D eigenvalue weighted by Gasteiger charge is -2.44. The van der Waals surface area contributed by atoms with Crippen LogP contribution in [0.15, 0.2) is 0 Å². The van der Waals surface area contributed by atoms with Crippen LogP contribution in [0.25, 0.3) is 0 Å². The predicted molar refractivity (Wildman–Crippen MR) is 87.4 cm³/mol. The monoisotopic (exact) mass is 345 g/mol. The number of amides is 1. The van der Waals surface area contributed by atoms with E-state index in [9.17, 15) is 15.0 Å². The van der Waals surface area contributed by atoms with Gasteiger partial charge in [-0.25, -0.2) is 4.79 Å². The van der Waals surface area contributed by atoms with Crippen LogP contribution >= 0.6 is 0 Å². The Kier molecular flexibility index (Phi) is 6.12. The van der Waals surface area contributed by atoms with Crippen molar-refractivity contribution in [3.05, 3.63) is 0 Å². The van der Waals surface area contributed by atoms with Crippen molar-refractivity contribution in [2.45, 2.75) is 83.6 Å². The largest absolute Gasteiger partial charge is 0.447 e. The van der Waals surface area contributed by atoms with Crippen molar-refractivity contribution in [1.82, 2.24) is 4.90 Å². The molecule has 1 amide bonds. The predicted octanol–water partition coefficient (Wildman–Crippen LogP) is 1.51. The molecule has 7 nitrogen and oxygen atoms in total. The van der Waals surface area contributed by atoms with Crippen LogP contribution in [-0.4, -0.2) is 70.6 Å². The number of cyclic esters (lactones) is 1. The fraction of sp³-hybridized carbons (Fsp3) is 0.941. The topological polar surface area (TPSA) is 88.5 Å². The zero-order valence-corrected chi connectivity index (χ0v) is 15.3. The van der Waals surface area contributed by atoms with Crippen LogP contribution in [0.2, 0.25) is 0 Å². The van der Waals surface area contributed by atoms with Gasteiger partial charge >= 0.3 is 6.09 Å². The average Bonchev–Trinajstić information content (AvgIpc) is 2.80. The van der Waals surface area contributed by atoms with Gasteiger partial charge in [0.05, 0.1) is 24.4 Å². The van der Waals surface area contributed by atoms with Crippen molar-refractivity contribution in [1.29, 1.82) is 0 Å². The summed E-state index contributed by atoms with van der Waals surface area (Å²) in [6, 6.07) is -0.0626. The van der Waals surface area contributed by atoms with Gasteiger partial charge < -0.3 is 24.4 Å². The molecule has 0 aromatic rings. The van der Waals surface area contributed by atoms with E-state index in [1.807, 2.05) is 20.8 Å². The van der Waals surface area contributed by atoms with Crippen LogP contribution in [0.1, 0.15) is 47.5 Å². The van der Waals surface area contributed by atoms with Crippen LogP contribution < -0.4 is 0 Å². The molecule has 2 rings (SSSR count). The highest BCUT2D eigenvalue weighted by molar-refractivity contribution is 5.70. The first kappa shape index (κ1) is 19.4. The average molecular weight is 345 g/mol. The molecule has 2 N–H and O–H groups in total. The molecular formula is C17H31NO6. The number of nitrogens with zero attached hydrogens (tertiary/aromatic N) is 1. The second-order valence-corrected chi connectivity index (χ2v) is 8.07. The summed E-state index contributed by atoms with van der Waals surface area (Å²) >= 11 is 0. The minimum atomic E-state index is -0.937. The van der Waals surface area contributed by atoms with Crippen LogP contribution in [0.3, 0.4) is 0 Å². The van der Waals surface area contributed by atoms with E-state index in [4.69, 9.17) is 14.2 Å². The Hall–Kier alpha value is -0.890. The number of hydrogen-bond donors (Lipinski definition) is 2. The SMILES string of the molecule is CC(C)C[C@H]1COC(=O)N1[C@@H]1C[C@H](OC(C)(C)C)[C@@H](O)[C@H](CO)O1. The summed E-state index contributed by atoms with van der Waals surface area (Å²) in [7, 11) is 0. The molecule has 2 fully saturated rings. The molecule has 2 saturated heterocycles. The molecular weight excluding hydrogens is 314 g/mol. The zero-order valence-electron chi connectivity index (χ0n) is 15.3. The van der Waals surface area contributed by atoms with E-state index < -0.39 is 36.2 Å². The van der Waals surface area contributed by atoms with E-state index in [1.165, 1.54) is 0 Å². The maximum atomic E-state index is 12.2. The van der Waals surface area contributed by atoms with Crippen LogP contribution in [-0.2, 0) is 14.2 Å². The first-order valence-electron chi connectivity index (χ1n) is 8.69. The molecule has 0 aromatic carbocycles. The van der Waals surface area contributed by atoms with Crippen LogP contribution in [0.5, 0.6) is 0 Å². The Bertz CT molecular complexity index is 435. The van der Waals surface area contributed by atoms with Crippen molar-refractivity contribution in [2.75, 3.05) is 13.2 Å². The summed E-state index contributed by atoms with van der Waals surface area (Å²) in [5.41, 5.74) is -0.448. The summed E-state index contributed by atoms with van der Waals surface area (Å²) in [6.45, 7) is 9.91. The van der Waals surface area contributed by atoms with E-state index in [0.29, 0.717) is 18.9 Å². The van der Waals surface area contributed by atoms with Gasteiger partial charge in [0.15, 0.2) is 0 Å². The molecule has 140 valence electrons. The number of ether oxygens (including phenoxy) is 3. The van der Waals surface area contributed by atoms with Gasteiger partial charge in [0, 0.05) is 6.42 Å². The number of carbonyl (C=O) groups is 1. The maximum absolute atomic E-state index is 12.2.